The Labute approximate surface area is 117 Å². The van der Waals surface area contributed by atoms with Gasteiger partial charge in [-0.25, -0.2) is 0 Å². The van der Waals surface area contributed by atoms with Crippen molar-refractivity contribution in [3.05, 3.63) is 35.4 Å². The molecular formula is C17H27NO. The zero-order chi connectivity index (χ0) is 13.3. The summed E-state index contributed by atoms with van der Waals surface area (Å²) in [5.74, 6) is 0. The predicted molar refractivity (Wildman–Crippen MR) is 80.1 cm³/mol. The van der Waals surface area contributed by atoms with Crippen LogP contribution in [0.5, 0.6) is 0 Å². The highest BCUT2D eigenvalue weighted by Crippen LogP contribution is 2.19. The van der Waals surface area contributed by atoms with Crippen LogP contribution >= 0.6 is 0 Å². The molecule has 1 aliphatic rings. The fraction of sp³-hybridized carbons (Fsp3) is 0.647. The minimum atomic E-state index is 0.753. The van der Waals surface area contributed by atoms with Crippen LogP contribution in [-0.2, 0) is 17.9 Å². The first-order valence-corrected chi connectivity index (χ1v) is 7.77. The van der Waals surface area contributed by atoms with Gasteiger partial charge in [-0.3, -0.25) is 0 Å². The van der Waals surface area contributed by atoms with Crippen LogP contribution in [-0.4, -0.2) is 12.6 Å². The highest BCUT2D eigenvalue weighted by atomic mass is 16.5. The number of unbranched alkanes of at least 4 members (excludes halogenated alkanes) is 3. The van der Waals surface area contributed by atoms with E-state index in [-0.39, 0.29) is 0 Å². The quantitative estimate of drug-likeness (QED) is 0.642. The second-order valence-corrected chi connectivity index (χ2v) is 5.59. The van der Waals surface area contributed by atoms with Gasteiger partial charge in [-0.15, -0.1) is 0 Å². The summed E-state index contributed by atoms with van der Waals surface area (Å²) in [6.07, 6.45) is 7.79. The van der Waals surface area contributed by atoms with E-state index < -0.39 is 0 Å². The van der Waals surface area contributed by atoms with Gasteiger partial charge in [-0.05, 0) is 30.4 Å². The van der Waals surface area contributed by atoms with Crippen LogP contribution in [0.4, 0.5) is 0 Å². The van der Waals surface area contributed by atoms with Crippen LogP contribution in [0.2, 0.25) is 0 Å². The van der Waals surface area contributed by atoms with E-state index in [1.807, 2.05) is 0 Å². The van der Waals surface area contributed by atoms with Crippen molar-refractivity contribution in [1.82, 2.24) is 5.32 Å². The van der Waals surface area contributed by atoms with E-state index in [0.29, 0.717) is 0 Å². The summed E-state index contributed by atoms with van der Waals surface area (Å²) in [5, 5.41) is 3.55. The molecule has 1 fully saturated rings. The van der Waals surface area contributed by atoms with Gasteiger partial charge in [0.15, 0.2) is 0 Å². The summed E-state index contributed by atoms with van der Waals surface area (Å²) in [6.45, 7) is 4.88. The van der Waals surface area contributed by atoms with Gasteiger partial charge in [-0.2, -0.15) is 0 Å². The van der Waals surface area contributed by atoms with Crippen LogP contribution in [0.3, 0.4) is 0 Å². The van der Waals surface area contributed by atoms with E-state index in [4.69, 9.17) is 4.74 Å². The molecule has 2 heteroatoms. The molecule has 0 unspecified atom stereocenters. The normalized spacial score (nSPS) is 14.8. The Morgan fingerprint density at radius 3 is 2.79 bits per heavy atom. The van der Waals surface area contributed by atoms with Crippen molar-refractivity contribution in [3.63, 3.8) is 0 Å². The largest absolute Gasteiger partial charge is 0.377 e. The Bertz CT molecular complexity index is 360. The lowest BCUT2D eigenvalue weighted by Crippen LogP contribution is -2.15. The maximum absolute atomic E-state index is 5.74. The zero-order valence-corrected chi connectivity index (χ0v) is 12.2. The Morgan fingerprint density at radius 2 is 2.00 bits per heavy atom. The van der Waals surface area contributed by atoms with Crippen LogP contribution in [0.25, 0.3) is 0 Å². The molecule has 0 amide bonds. The lowest BCUT2D eigenvalue weighted by atomic mass is 10.1. The minimum Gasteiger partial charge on any atom is -0.377 e. The first kappa shape index (κ1) is 14.5. The molecule has 0 heterocycles. The monoisotopic (exact) mass is 261 g/mol. The number of nitrogens with one attached hydrogen (secondary N) is 1. The second-order valence-electron chi connectivity index (χ2n) is 5.59. The molecule has 0 bridgehead atoms. The molecule has 0 spiro atoms. The lowest BCUT2D eigenvalue weighted by Gasteiger charge is -2.07. The summed E-state index contributed by atoms with van der Waals surface area (Å²) >= 11 is 0. The van der Waals surface area contributed by atoms with Crippen molar-refractivity contribution in [2.24, 2.45) is 0 Å². The summed E-state index contributed by atoms with van der Waals surface area (Å²) in [4.78, 5) is 0. The molecule has 1 N–H and O–H groups in total. The smallest absolute Gasteiger partial charge is 0.0716 e. The standard InChI is InChI=1S/C17H27NO/c1-2-3-4-5-11-19-14-16-8-6-7-15(12-16)13-18-17-9-10-17/h6-8,12,17-18H,2-5,9-11,13-14H2,1H3. The fourth-order valence-corrected chi connectivity index (χ4v) is 2.20. The summed E-state index contributed by atoms with van der Waals surface area (Å²) in [5.41, 5.74) is 2.67. The summed E-state index contributed by atoms with van der Waals surface area (Å²) in [7, 11) is 0. The van der Waals surface area contributed by atoms with E-state index in [2.05, 4.69) is 36.5 Å². The van der Waals surface area contributed by atoms with Crippen LogP contribution in [0.15, 0.2) is 24.3 Å². The zero-order valence-electron chi connectivity index (χ0n) is 12.2. The second kappa shape index (κ2) is 8.34. The van der Waals surface area contributed by atoms with Gasteiger partial charge < -0.3 is 10.1 Å². The molecule has 2 rings (SSSR count). The van der Waals surface area contributed by atoms with Crippen LogP contribution in [0, 0.1) is 0 Å². The van der Waals surface area contributed by atoms with Gasteiger partial charge in [0.1, 0.15) is 0 Å². The lowest BCUT2D eigenvalue weighted by molar-refractivity contribution is 0.117. The Morgan fingerprint density at radius 1 is 1.16 bits per heavy atom. The molecule has 1 aromatic carbocycles. The topological polar surface area (TPSA) is 21.3 Å². The molecule has 0 aliphatic heterocycles. The summed E-state index contributed by atoms with van der Waals surface area (Å²) < 4.78 is 5.74. The number of hydrogen-bond donors (Lipinski definition) is 1. The van der Waals surface area contributed by atoms with Gasteiger partial charge in [0.2, 0.25) is 0 Å². The Hall–Kier alpha value is -0.860. The molecule has 1 saturated carbocycles. The number of hydrogen-bond acceptors (Lipinski definition) is 2. The van der Waals surface area contributed by atoms with Crippen molar-refractivity contribution < 1.29 is 4.74 Å². The maximum atomic E-state index is 5.74. The SMILES string of the molecule is CCCCCCOCc1cccc(CNC2CC2)c1. The van der Waals surface area contributed by atoms with Crippen molar-refractivity contribution in [2.45, 2.75) is 64.6 Å². The van der Waals surface area contributed by atoms with E-state index in [1.54, 1.807) is 0 Å². The van der Waals surface area contributed by atoms with Gasteiger partial charge in [0.25, 0.3) is 0 Å². The molecule has 1 aromatic rings. The Balaban J connectivity index is 1.63. The molecule has 1 aliphatic carbocycles. The molecule has 19 heavy (non-hydrogen) atoms. The fourth-order valence-electron chi connectivity index (χ4n) is 2.20. The molecule has 106 valence electrons. The third-order valence-corrected chi connectivity index (χ3v) is 3.57. The molecular weight excluding hydrogens is 234 g/mol. The average molecular weight is 261 g/mol. The van der Waals surface area contributed by atoms with E-state index in [1.165, 1.54) is 49.7 Å². The maximum Gasteiger partial charge on any atom is 0.0716 e. The van der Waals surface area contributed by atoms with Crippen molar-refractivity contribution in [3.8, 4) is 0 Å². The highest BCUT2D eigenvalue weighted by Gasteiger charge is 2.19. The minimum absolute atomic E-state index is 0.753. The third kappa shape index (κ3) is 6.22. The van der Waals surface area contributed by atoms with Crippen LogP contribution < -0.4 is 5.32 Å². The van der Waals surface area contributed by atoms with Gasteiger partial charge >= 0.3 is 0 Å². The van der Waals surface area contributed by atoms with Crippen molar-refractivity contribution in [2.75, 3.05) is 6.61 Å². The van der Waals surface area contributed by atoms with E-state index in [9.17, 15) is 0 Å². The Kier molecular flexibility index (Phi) is 6.38. The average Bonchev–Trinajstić information content (AvgIpc) is 3.25. The molecule has 0 saturated heterocycles. The number of benzene rings is 1. The number of rotatable bonds is 10. The molecule has 0 atom stereocenters. The number of ether oxygens (including phenoxy) is 1. The first-order valence-electron chi connectivity index (χ1n) is 7.77. The molecule has 2 nitrogen and oxygen atoms in total. The van der Waals surface area contributed by atoms with Gasteiger partial charge in [0, 0.05) is 19.2 Å². The van der Waals surface area contributed by atoms with Gasteiger partial charge in [0.05, 0.1) is 6.61 Å². The third-order valence-electron chi connectivity index (χ3n) is 3.57. The van der Waals surface area contributed by atoms with E-state index in [0.717, 1.165) is 25.8 Å². The molecule has 0 radical (unpaired) electrons. The predicted octanol–water partition coefficient (Wildman–Crippen LogP) is 4.04. The highest BCUT2D eigenvalue weighted by molar-refractivity contribution is 5.23. The van der Waals surface area contributed by atoms with Crippen molar-refractivity contribution in [1.29, 1.82) is 0 Å². The molecule has 0 aromatic heterocycles. The van der Waals surface area contributed by atoms with Crippen LogP contribution in [0.1, 0.15) is 56.6 Å². The van der Waals surface area contributed by atoms with Crippen molar-refractivity contribution >= 4 is 0 Å². The van der Waals surface area contributed by atoms with Gasteiger partial charge in [-0.1, -0.05) is 50.5 Å². The first-order chi connectivity index (χ1) is 9.38. The summed E-state index contributed by atoms with van der Waals surface area (Å²) in [6, 6.07) is 9.53. The van der Waals surface area contributed by atoms with E-state index >= 15 is 0 Å².